The molecule has 1 aliphatic heterocycles. The van der Waals surface area contributed by atoms with Gasteiger partial charge < -0.3 is 10.2 Å². The highest BCUT2D eigenvalue weighted by molar-refractivity contribution is 5.38. The lowest BCUT2D eigenvalue weighted by Gasteiger charge is -2.32. The molecule has 1 atom stereocenters. The largest absolute Gasteiger partial charge is 0.353 e. The Hall–Kier alpha value is -1.67. The van der Waals surface area contributed by atoms with E-state index in [1.807, 2.05) is 6.07 Å². The number of hydrogen-bond donors (Lipinski definition) is 1. The van der Waals surface area contributed by atoms with Crippen LogP contribution < -0.4 is 10.2 Å². The average Bonchev–Trinajstić information content (AvgIpc) is 2.29. The van der Waals surface area contributed by atoms with E-state index in [0.29, 0.717) is 11.7 Å². The second-order valence-corrected chi connectivity index (χ2v) is 3.67. The third-order valence-electron chi connectivity index (χ3n) is 2.45. The van der Waals surface area contributed by atoms with Gasteiger partial charge in [0.1, 0.15) is 11.9 Å². The molecule has 0 aromatic carbocycles. The molecule has 2 rings (SSSR count). The van der Waals surface area contributed by atoms with E-state index < -0.39 is 0 Å². The number of nitriles is 1. The van der Waals surface area contributed by atoms with Crippen molar-refractivity contribution in [3.63, 3.8) is 0 Å². The van der Waals surface area contributed by atoms with Crippen LogP contribution in [0.2, 0.25) is 0 Å². The number of hydrogen-bond acceptors (Lipinski definition) is 5. The van der Waals surface area contributed by atoms with E-state index in [9.17, 15) is 0 Å². The first-order chi connectivity index (χ1) is 7.29. The van der Waals surface area contributed by atoms with Crippen molar-refractivity contribution in [1.29, 1.82) is 5.26 Å². The molecular formula is C10H13N5. The van der Waals surface area contributed by atoms with Gasteiger partial charge in [-0.3, -0.25) is 0 Å². The van der Waals surface area contributed by atoms with E-state index in [1.54, 1.807) is 6.20 Å². The lowest BCUT2D eigenvalue weighted by atomic mass is 10.2. The summed E-state index contributed by atoms with van der Waals surface area (Å²) in [4.78, 5) is 10.4. The molecule has 0 spiro atoms. The second kappa shape index (κ2) is 4.24. The first kappa shape index (κ1) is 9.87. The summed E-state index contributed by atoms with van der Waals surface area (Å²) >= 11 is 0. The van der Waals surface area contributed by atoms with Gasteiger partial charge in [0.15, 0.2) is 5.69 Å². The molecule has 0 radical (unpaired) electrons. The Bertz CT molecular complexity index is 366. The molecule has 1 saturated heterocycles. The zero-order valence-corrected chi connectivity index (χ0v) is 8.64. The Morgan fingerprint density at radius 3 is 3.00 bits per heavy atom. The number of piperazine rings is 1. The first-order valence-electron chi connectivity index (χ1n) is 5.00. The lowest BCUT2D eigenvalue weighted by molar-refractivity contribution is 0.482. The molecule has 78 valence electrons. The van der Waals surface area contributed by atoms with Gasteiger partial charge in [-0.15, -0.1) is 0 Å². The van der Waals surface area contributed by atoms with Gasteiger partial charge in [-0.2, -0.15) is 5.26 Å². The van der Waals surface area contributed by atoms with Gasteiger partial charge in [-0.1, -0.05) is 0 Å². The third kappa shape index (κ3) is 2.22. The molecule has 0 saturated carbocycles. The SMILES string of the molecule is CC1CN(c2cnc(C#N)cn2)CCN1. The van der Waals surface area contributed by atoms with Crippen LogP contribution in [-0.2, 0) is 0 Å². The topological polar surface area (TPSA) is 64.8 Å². The third-order valence-corrected chi connectivity index (χ3v) is 2.45. The van der Waals surface area contributed by atoms with Gasteiger partial charge in [0.2, 0.25) is 0 Å². The van der Waals surface area contributed by atoms with Crippen LogP contribution in [0.3, 0.4) is 0 Å². The summed E-state index contributed by atoms with van der Waals surface area (Å²) in [5, 5.41) is 12.0. The molecule has 15 heavy (non-hydrogen) atoms. The summed E-state index contributed by atoms with van der Waals surface area (Å²) in [5.74, 6) is 0.849. The minimum absolute atomic E-state index is 0.363. The molecule has 0 amide bonds. The minimum atomic E-state index is 0.363. The Labute approximate surface area is 88.8 Å². The van der Waals surface area contributed by atoms with Crippen LogP contribution in [0, 0.1) is 11.3 Å². The summed E-state index contributed by atoms with van der Waals surface area (Å²) in [7, 11) is 0. The standard InChI is InChI=1S/C10H13N5/c1-8-7-15(3-2-12-8)10-6-13-9(4-11)5-14-10/h5-6,8,12H,2-3,7H2,1H3. The highest BCUT2D eigenvalue weighted by Gasteiger charge is 2.16. The molecule has 5 heteroatoms. The van der Waals surface area contributed by atoms with E-state index in [-0.39, 0.29) is 0 Å². The van der Waals surface area contributed by atoms with Gasteiger partial charge in [0.25, 0.3) is 0 Å². The molecule has 0 aliphatic carbocycles. The Morgan fingerprint density at radius 1 is 1.53 bits per heavy atom. The van der Waals surface area contributed by atoms with Crippen LogP contribution in [0.25, 0.3) is 0 Å². The Morgan fingerprint density at radius 2 is 2.40 bits per heavy atom. The number of aromatic nitrogens is 2. The fourth-order valence-electron chi connectivity index (χ4n) is 1.68. The summed E-state index contributed by atoms with van der Waals surface area (Å²) in [6, 6.07) is 2.43. The molecule has 1 N–H and O–H groups in total. The monoisotopic (exact) mass is 203 g/mol. The maximum Gasteiger partial charge on any atom is 0.158 e. The average molecular weight is 203 g/mol. The molecule has 1 aromatic rings. The van der Waals surface area contributed by atoms with E-state index >= 15 is 0 Å². The van der Waals surface area contributed by atoms with Crippen molar-refractivity contribution in [2.75, 3.05) is 24.5 Å². The number of rotatable bonds is 1. The quantitative estimate of drug-likeness (QED) is 0.703. The predicted molar refractivity (Wildman–Crippen MR) is 56.4 cm³/mol. The van der Waals surface area contributed by atoms with E-state index in [2.05, 4.69) is 27.1 Å². The van der Waals surface area contributed by atoms with E-state index in [4.69, 9.17) is 5.26 Å². The zero-order valence-electron chi connectivity index (χ0n) is 8.64. The van der Waals surface area contributed by atoms with Gasteiger partial charge in [-0.25, -0.2) is 9.97 Å². The van der Waals surface area contributed by atoms with Crippen LogP contribution in [0.4, 0.5) is 5.82 Å². The molecule has 1 unspecified atom stereocenters. The van der Waals surface area contributed by atoms with Crippen molar-refractivity contribution in [2.45, 2.75) is 13.0 Å². The van der Waals surface area contributed by atoms with E-state index in [0.717, 1.165) is 25.5 Å². The number of anilines is 1. The fraction of sp³-hybridized carbons (Fsp3) is 0.500. The maximum absolute atomic E-state index is 8.60. The molecular weight excluding hydrogens is 190 g/mol. The predicted octanol–water partition coefficient (Wildman–Crippen LogP) is 0.146. The van der Waals surface area contributed by atoms with Gasteiger partial charge in [0, 0.05) is 25.7 Å². The van der Waals surface area contributed by atoms with Crippen molar-refractivity contribution < 1.29 is 0 Å². The minimum Gasteiger partial charge on any atom is -0.353 e. The maximum atomic E-state index is 8.60. The van der Waals surface area contributed by atoms with Crippen LogP contribution in [0.5, 0.6) is 0 Å². The molecule has 1 aliphatic rings. The van der Waals surface area contributed by atoms with Crippen molar-refractivity contribution in [1.82, 2.24) is 15.3 Å². The first-order valence-corrected chi connectivity index (χ1v) is 5.00. The summed E-state index contributed by atoms with van der Waals surface area (Å²) in [6.07, 6.45) is 3.18. The van der Waals surface area contributed by atoms with Gasteiger partial charge >= 0.3 is 0 Å². The van der Waals surface area contributed by atoms with Crippen molar-refractivity contribution >= 4 is 5.82 Å². The van der Waals surface area contributed by atoms with Crippen molar-refractivity contribution in [3.8, 4) is 6.07 Å². The van der Waals surface area contributed by atoms with Crippen LogP contribution in [0.1, 0.15) is 12.6 Å². The van der Waals surface area contributed by atoms with Gasteiger partial charge in [-0.05, 0) is 6.92 Å². The second-order valence-electron chi connectivity index (χ2n) is 3.67. The smallest absolute Gasteiger partial charge is 0.158 e. The summed E-state index contributed by atoms with van der Waals surface area (Å²) in [6.45, 7) is 4.97. The highest BCUT2D eigenvalue weighted by atomic mass is 15.2. The highest BCUT2D eigenvalue weighted by Crippen LogP contribution is 2.11. The Kier molecular flexibility index (Phi) is 2.79. The number of nitrogens with zero attached hydrogens (tertiary/aromatic N) is 4. The summed E-state index contributed by atoms with van der Waals surface area (Å²) < 4.78 is 0. The molecule has 1 aromatic heterocycles. The lowest BCUT2D eigenvalue weighted by Crippen LogP contribution is -2.49. The summed E-state index contributed by atoms with van der Waals surface area (Å²) in [5.41, 5.74) is 0.363. The van der Waals surface area contributed by atoms with Crippen LogP contribution in [0.15, 0.2) is 12.4 Å². The molecule has 5 nitrogen and oxygen atoms in total. The van der Waals surface area contributed by atoms with Crippen molar-refractivity contribution in [3.05, 3.63) is 18.1 Å². The normalized spacial score (nSPS) is 21.1. The van der Waals surface area contributed by atoms with Crippen LogP contribution in [-0.4, -0.2) is 35.6 Å². The zero-order chi connectivity index (χ0) is 10.7. The molecule has 1 fully saturated rings. The van der Waals surface area contributed by atoms with Crippen LogP contribution >= 0.6 is 0 Å². The molecule has 0 bridgehead atoms. The number of nitrogens with one attached hydrogen (secondary N) is 1. The molecule has 2 heterocycles. The fourth-order valence-corrected chi connectivity index (χ4v) is 1.68. The van der Waals surface area contributed by atoms with Gasteiger partial charge in [0.05, 0.1) is 12.4 Å². The van der Waals surface area contributed by atoms with E-state index in [1.165, 1.54) is 6.20 Å². The Balaban J connectivity index is 2.12. The van der Waals surface area contributed by atoms with Crippen molar-refractivity contribution in [2.24, 2.45) is 0 Å².